The smallest absolute Gasteiger partial charge is 0.422 e. The van der Waals surface area contributed by atoms with E-state index in [4.69, 9.17) is 0 Å². The molecule has 2 aromatic rings. The summed E-state index contributed by atoms with van der Waals surface area (Å²) in [5, 5.41) is 5.70. The van der Waals surface area contributed by atoms with Crippen LogP contribution in [0.2, 0.25) is 0 Å². The number of pyridine rings is 1. The van der Waals surface area contributed by atoms with Crippen LogP contribution in [0.3, 0.4) is 0 Å². The number of amides is 1. The number of ether oxygens (including phenoxy) is 1. The first-order valence-electron chi connectivity index (χ1n) is 7.52. The number of nitrogens with one attached hydrogen (secondary N) is 2. The van der Waals surface area contributed by atoms with Crippen LogP contribution in [0.25, 0.3) is 0 Å². The van der Waals surface area contributed by atoms with Crippen LogP contribution >= 0.6 is 0 Å². The number of alkyl halides is 3. The van der Waals surface area contributed by atoms with Gasteiger partial charge in [-0.3, -0.25) is 4.79 Å². The standard InChI is InChI=1S/C17H18F3N3O2/c1-11(12-6-7-22-15(9-12)21-2)23-16(24)13-4-3-5-14(8-13)25-10-17(18,19)20/h3-9,11H,10H2,1-2H3,(H,21,22)(H,23,24). The van der Waals surface area contributed by atoms with Gasteiger partial charge in [-0.25, -0.2) is 4.98 Å². The predicted molar refractivity (Wildman–Crippen MR) is 87.7 cm³/mol. The van der Waals surface area contributed by atoms with Gasteiger partial charge in [-0.2, -0.15) is 13.2 Å². The highest BCUT2D eigenvalue weighted by atomic mass is 19.4. The van der Waals surface area contributed by atoms with E-state index in [2.05, 4.69) is 20.4 Å². The van der Waals surface area contributed by atoms with Gasteiger partial charge >= 0.3 is 6.18 Å². The summed E-state index contributed by atoms with van der Waals surface area (Å²) in [5.41, 5.74) is 1.06. The second-order valence-electron chi connectivity index (χ2n) is 5.35. The van der Waals surface area contributed by atoms with Crippen LogP contribution in [0.15, 0.2) is 42.6 Å². The van der Waals surface area contributed by atoms with E-state index in [1.807, 2.05) is 0 Å². The first-order valence-corrected chi connectivity index (χ1v) is 7.52. The average Bonchev–Trinajstić information content (AvgIpc) is 2.59. The maximum atomic E-state index is 12.3. The second kappa shape index (κ2) is 7.87. The Morgan fingerprint density at radius 3 is 2.72 bits per heavy atom. The fourth-order valence-electron chi connectivity index (χ4n) is 2.11. The van der Waals surface area contributed by atoms with Crippen molar-refractivity contribution in [3.63, 3.8) is 0 Å². The number of carbonyl (C=O) groups is 1. The van der Waals surface area contributed by atoms with Crippen molar-refractivity contribution in [2.45, 2.75) is 19.1 Å². The van der Waals surface area contributed by atoms with Gasteiger partial charge in [0, 0.05) is 18.8 Å². The Labute approximate surface area is 143 Å². The lowest BCUT2D eigenvalue weighted by molar-refractivity contribution is -0.153. The Morgan fingerprint density at radius 1 is 1.28 bits per heavy atom. The summed E-state index contributed by atoms with van der Waals surface area (Å²) in [7, 11) is 1.74. The third-order valence-electron chi connectivity index (χ3n) is 3.39. The van der Waals surface area contributed by atoms with Crippen molar-refractivity contribution in [3.05, 3.63) is 53.7 Å². The van der Waals surface area contributed by atoms with Crippen LogP contribution in [0.5, 0.6) is 5.75 Å². The third-order valence-corrected chi connectivity index (χ3v) is 3.39. The van der Waals surface area contributed by atoms with Gasteiger partial charge in [-0.15, -0.1) is 0 Å². The number of halogens is 3. The molecule has 25 heavy (non-hydrogen) atoms. The van der Waals surface area contributed by atoms with Crippen molar-refractivity contribution < 1.29 is 22.7 Å². The van der Waals surface area contributed by atoms with E-state index < -0.39 is 18.7 Å². The van der Waals surface area contributed by atoms with Crippen molar-refractivity contribution in [2.24, 2.45) is 0 Å². The monoisotopic (exact) mass is 353 g/mol. The van der Waals surface area contributed by atoms with Gasteiger partial charge in [0.05, 0.1) is 6.04 Å². The van der Waals surface area contributed by atoms with Gasteiger partial charge in [-0.05, 0) is 42.8 Å². The number of anilines is 1. The topological polar surface area (TPSA) is 63.2 Å². The number of aromatic nitrogens is 1. The summed E-state index contributed by atoms with van der Waals surface area (Å²) in [4.78, 5) is 16.4. The molecule has 1 heterocycles. The van der Waals surface area contributed by atoms with E-state index in [0.29, 0.717) is 5.82 Å². The number of hydrogen-bond donors (Lipinski definition) is 2. The van der Waals surface area contributed by atoms with E-state index in [-0.39, 0.29) is 17.4 Å². The lowest BCUT2D eigenvalue weighted by Gasteiger charge is -2.15. The molecule has 0 radical (unpaired) electrons. The van der Waals surface area contributed by atoms with Crippen LogP contribution in [0.4, 0.5) is 19.0 Å². The Bertz CT molecular complexity index is 735. The SMILES string of the molecule is CNc1cc(C(C)NC(=O)c2cccc(OCC(F)(F)F)c2)ccn1. The molecule has 0 aliphatic carbocycles. The van der Waals surface area contributed by atoms with E-state index in [0.717, 1.165) is 5.56 Å². The molecule has 0 spiro atoms. The van der Waals surface area contributed by atoms with Gasteiger partial charge in [-0.1, -0.05) is 6.07 Å². The number of rotatable bonds is 6. The minimum Gasteiger partial charge on any atom is -0.484 e. The largest absolute Gasteiger partial charge is 0.484 e. The van der Waals surface area contributed by atoms with Gasteiger partial charge in [0.25, 0.3) is 5.91 Å². The van der Waals surface area contributed by atoms with Gasteiger partial charge in [0.1, 0.15) is 11.6 Å². The molecule has 1 aromatic carbocycles. The van der Waals surface area contributed by atoms with Crippen LogP contribution in [0.1, 0.15) is 28.9 Å². The first kappa shape index (κ1) is 18.6. The van der Waals surface area contributed by atoms with Crippen LogP contribution in [-0.2, 0) is 0 Å². The van der Waals surface area contributed by atoms with Gasteiger partial charge < -0.3 is 15.4 Å². The summed E-state index contributed by atoms with van der Waals surface area (Å²) >= 11 is 0. The highest BCUT2D eigenvalue weighted by Crippen LogP contribution is 2.20. The zero-order valence-corrected chi connectivity index (χ0v) is 13.7. The maximum Gasteiger partial charge on any atom is 0.422 e. The summed E-state index contributed by atoms with van der Waals surface area (Å²) in [6.07, 6.45) is -2.81. The summed E-state index contributed by atoms with van der Waals surface area (Å²) in [6.45, 7) is 0.398. The molecule has 0 saturated carbocycles. The van der Waals surface area contributed by atoms with Crippen LogP contribution in [0, 0.1) is 0 Å². The highest BCUT2D eigenvalue weighted by Gasteiger charge is 2.28. The van der Waals surface area contributed by atoms with Crippen LogP contribution in [-0.4, -0.2) is 30.7 Å². The van der Waals surface area contributed by atoms with Gasteiger partial charge in [0.2, 0.25) is 0 Å². The second-order valence-corrected chi connectivity index (χ2v) is 5.35. The lowest BCUT2D eigenvalue weighted by atomic mass is 10.1. The molecule has 0 fully saturated rings. The minimum atomic E-state index is -4.43. The molecular weight excluding hydrogens is 335 g/mol. The van der Waals surface area contributed by atoms with Crippen molar-refractivity contribution in [3.8, 4) is 5.75 Å². The van der Waals surface area contributed by atoms with E-state index in [1.54, 1.807) is 32.3 Å². The Balaban J connectivity index is 2.04. The highest BCUT2D eigenvalue weighted by molar-refractivity contribution is 5.94. The van der Waals surface area contributed by atoms with Crippen molar-refractivity contribution in [2.75, 3.05) is 19.0 Å². The number of carbonyl (C=O) groups excluding carboxylic acids is 1. The lowest BCUT2D eigenvalue weighted by Crippen LogP contribution is -2.26. The number of hydrogen-bond acceptors (Lipinski definition) is 4. The van der Waals surface area contributed by atoms with E-state index in [9.17, 15) is 18.0 Å². The maximum absolute atomic E-state index is 12.3. The fourth-order valence-corrected chi connectivity index (χ4v) is 2.11. The molecule has 2 rings (SSSR count). The number of nitrogens with zero attached hydrogens (tertiary/aromatic N) is 1. The normalized spacial score (nSPS) is 12.4. The Kier molecular flexibility index (Phi) is 5.84. The Hall–Kier alpha value is -2.77. The first-order chi connectivity index (χ1) is 11.8. The quantitative estimate of drug-likeness (QED) is 0.834. The summed E-state index contributed by atoms with van der Waals surface area (Å²) in [6, 6.07) is 8.89. The molecule has 5 nitrogen and oxygen atoms in total. The molecule has 134 valence electrons. The third kappa shape index (κ3) is 5.66. The minimum absolute atomic E-state index is 0.0148. The molecule has 8 heteroatoms. The molecule has 0 bridgehead atoms. The van der Waals surface area contributed by atoms with Crippen LogP contribution < -0.4 is 15.4 Å². The number of benzene rings is 1. The molecule has 1 atom stereocenters. The fraction of sp³-hybridized carbons (Fsp3) is 0.294. The zero-order valence-electron chi connectivity index (χ0n) is 13.7. The molecular formula is C17H18F3N3O2. The zero-order chi connectivity index (χ0) is 18.4. The van der Waals surface area contributed by atoms with Crippen molar-refractivity contribution in [1.29, 1.82) is 0 Å². The molecule has 0 aliphatic heterocycles. The summed E-state index contributed by atoms with van der Waals surface area (Å²) < 4.78 is 41.3. The molecule has 0 saturated heterocycles. The molecule has 2 N–H and O–H groups in total. The van der Waals surface area contributed by atoms with Gasteiger partial charge in [0.15, 0.2) is 6.61 Å². The predicted octanol–water partition coefficient (Wildman–Crippen LogP) is 3.56. The molecule has 0 aliphatic rings. The van der Waals surface area contributed by atoms with E-state index in [1.165, 1.54) is 24.3 Å². The average molecular weight is 353 g/mol. The molecule has 1 aromatic heterocycles. The van der Waals surface area contributed by atoms with Crippen molar-refractivity contribution >= 4 is 11.7 Å². The van der Waals surface area contributed by atoms with Crippen molar-refractivity contribution in [1.82, 2.24) is 10.3 Å². The Morgan fingerprint density at radius 2 is 2.04 bits per heavy atom. The summed E-state index contributed by atoms with van der Waals surface area (Å²) in [5.74, 6) is 0.243. The molecule has 1 amide bonds. The van der Waals surface area contributed by atoms with E-state index >= 15 is 0 Å². The molecule has 1 unspecified atom stereocenters.